The number of amides is 1. The third kappa shape index (κ3) is 3.95. The summed E-state index contributed by atoms with van der Waals surface area (Å²) in [5.41, 5.74) is 5.03. The molecule has 1 saturated heterocycles. The SMILES string of the molecule is C[C@](O)(CO)C(=O)N1CCC([C@@H](N)c2cc(Cl)c(Cl)cc2O)CC1. The highest BCUT2D eigenvalue weighted by atomic mass is 35.5. The van der Waals surface area contributed by atoms with Gasteiger partial charge in [-0.05, 0) is 31.7 Å². The maximum atomic E-state index is 12.1. The zero-order valence-electron chi connectivity index (χ0n) is 13.4. The van der Waals surface area contributed by atoms with Crippen LogP contribution in [0.2, 0.25) is 10.0 Å². The summed E-state index contributed by atoms with van der Waals surface area (Å²) < 4.78 is 0. The number of nitrogens with zero attached hydrogens (tertiary/aromatic N) is 1. The van der Waals surface area contributed by atoms with Gasteiger partial charge in [0.1, 0.15) is 5.75 Å². The molecule has 1 heterocycles. The summed E-state index contributed by atoms with van der Waals surface area (Å²) in [6, 6.07) is 2.50. The van der Waals surface area contributed by atoms with Gasteiger partial charge >= 0.3 is 0 Å². The molecule has 1 fully saturated rings. The number of phenols is 1. The molecule has 8 heteroatoms. The Labute approximate surface area is 150 Å². The highest BCUT2D eigenvalue weighted by Crippen LogP contribution is 2.37. The van der Waals surface area contributed by atoms with Crippen molar-refractivity contribution >= 4 is 29.1 Å². The van der Waals surface area contributed by atoms with Gasteiger partial charge in [-0.15, -0.1) is 0 Å². The standard InChI is InChI=1S/C16H22Cl2N2O4/c1-16(24,8-21)15(23)20-4-2-9(3-5-20)14(19)10-6-11(17)12(18)7-13(10)22/h6-7,9,14,21-22,24H,2-5,8,19H2,1H3/t14-,16+/m1/s1. The lowest BCUT2D eigenvalue weighted by atomic mass is 9.85. The summed E-state index contributed by atoms with van der Waals surface area (Å²) in [6.45, 7) is 1.52. The Morgan fingerprint density at radius 3 is 2.46 bits per heavy atom. The van der Waals surface area contributed by atoms with Crippen LogP contribution in [0, 0.1) is 5.92 Å². The second-order valence-electron chi connectivity index (χ2n) is 6.41. The molecule has 0 aliphatic carbocycles. The van der Waals surface area contributed by atoms with Gasteiger partial charge in [0, 0.05) is 30.8 Å². The Morgan fingerprint density at radius 1 is 1.38 bits per heavy atom. The molecule has 0 saturated carbocycles. The third-order valence-corrected chi connectivity index (χ3v) is 5.25. The van der Waals surface area contributed by atoms with E-state index < -0.39 is 24.2 Å². The van der Waals surface area contributed by atoms with Crippen LogP contribution in [0.15, 0.2) is 12.1 Å². The second kappa shape index (κ2) is 7.45. The molecule has 134 valence electrons. The number of rotatable bonds is 4. The fourth-order valence-corrected chi connectivity index (χ4v) is 3.27. The lowest BCUT2D eigenvalue weighted by molar-refractivity contribution is -0.154. The Bertz CT molecular complexity index is 616. The number of carbonyl (C=O) groups is 1. The van der Waals surface area contributed by atoms with Gasteiger partial charge in [0.2, 0.25) is 0 Å². The molecule has 1 amide bonds. The van der Waals surface area contributed by atoms with Crippen LogP contribution in [-0.2, 0) is 4.79 Å². The molecule has 0 radical (unpaired) electrons. The molecule has 5 N–H and O–H groups in total. The second-order valence-corrected chi connectivity index (χ2v) is 7.23. The molecule has 1 aliphatic heterocycles. The van der Waals surface area contributed by atoms with Crippen molar-refractivity contribution in [2.75, 3.05) is 19.7 Å². The smallest absolute Gasteiger partial charge is 0.256 e. The van der Waals surface area contributed by atoms with Crippen molar-refractivity contribution < 1.29 is 20.1 Å². The molecular weight excluding hydrogens is 355 g/mol. The Hall–Kier alpha value is -1.05. The van der Waals surface area contributed by atoms with Crippen LogP contribution in [-0.4, -0.2) is 51.4 Å². The van der Waals surface area contributed by atoms with Crippen molar-refractivity contribution in [1.82, 2.24) is 4.90 Å². The quantitative estimate of drug-likeness (QED) is 0.639. The third-order valence-electron chi connectivity index (χ3n) is 4.53. The fraction of sp³-hybridized carbons (Fsp3) is 0.562. The van der Waals surface area contributed by atoms with Crippen molar-refractivity contribution in [3.05, 3.63) is 27.7 Å². The van der Waals surface area contributed by atoms with Gasteiger partial charge in [0.05, 0.1) is 16.7 Å². The largest absolute Gasteiger partial charge is 0.508 e. The van der Waals surface area contributed by atoms with E-state index in [0.717, 1.165) is 0 Å². The number of carbonyl (C=O) groups excluding carboxylic acids is 1. The first kappa shape index (κ1) is 19.3. The van der Waals surface area contributed by atoms with E-state index in [2.05, 4.69) is 0 Å². The van der Waals surface area contributed by atoms with Crippen LogP contribution in [0.4, 0.5) is 0 Å². The topological polar surface area (TPSA) is 107 Å². The van der Waals surface area contributed by atoms with Crippen LogP contribution < -0.4 is 5.73 Å². The van der Waals surface area contributed by atoms with E-state index in [1.54, 1.807) is 6.07 Å². The predicted molar refractivity (Wildman–Crippen MR) is 92.1 cm³/mol. The monoisotopic (exact) mass is 376 g/mol. The fourth-order valence-electron chi connectivity index (χ4n) is 2.94. The number of halogens is 2. The molecule has 2 rings (SSSR count). The van der Waals surface area contributed by atoms with Crippen molar-refractivity contribution in [1.29, 1.82) is 0 Å². The van der Waals surface area contributed by atoms with Gasteiger partial charge in [-0.2, -0.15) is 0 Å². The number of aliphatic hydroxyl groups excluding tert-OH is 1. The zero-order chi connectivity index (χ0) is 18.1. The number of benzene rings is 1. The van der Waals surface area contributed by atoms with Crippen LogP contribution in [0.5, 0.6) is 5.75 Å². The Kier molecular flexibility index (Phi) is 5.99. The van der Waals surface area contributed by atoms with E-state index in [-0.39, 0.29) is 16.7 Å². The minimum Gasteiger partial charge on any atom is -0.508 e. The Balaban J connectivity index is 2.05. The van der Waals surface area contributed by atoms with Crippen LogP contribution in [0.1, 0.15) is 31.4 Å². The number of aliphatic hydroxyl groups is 2. The van der Waals surface area contributed by atoms with Crippen molar-refractivity contribution in [3.8, 4) is 5.75 Å². The van der Waals surface area contributed by atoms with Crippen molar-refractivity contribution in [2.24, 2.45) is 11.7 Å². The van der Waals surface area contributed by atoms with Gasteiger partial charge in [-0.3, -0.25) is 4.79 Å². The van der Waals surface area contributed by atoms with Gasteiger partial charge < -0.3 is 26.0 Å². The average Bonchev–Trinajstić information content (AvgIpc) is 2.57. The van der Waals surface area contributed by atoms with Crippen LogP contribution >= 0.6 is 23.2 Å². The maximum absolute atomic E-state index is 12.1. The summed E-state index contributed by atoms with van der Waals surface area (Å²) in [6.07, 6.45) is 1.24. The van der Waals surface area contributed by atoms with E-state index in [4.69, 9.17) is 34.0 Å². The highest BCUT2D eigenvalue weighted by Gasteiger charge is 2.36. The van der Waals surface area contributed by atoms with E-state index in [0.29, 0.717) is 36.5 Å². The first-order chi connectivity index (χ1) is 11.2. The van der Waals surface area contributed by atoms with E-state index in [1.165, 1.54) is 17.9 Å². The van der Waals surface area contributed by atoms with E-state index >= 15 is 0 Å². The van der Waals surface area contributed by atoms with Gasteiger partial charge in [0.15, 0.2) is 5.60 Å². The van der Waals surface area contributed by atoms with Gasteiger partial charge in [0.25, 0.3) is 5.91 Å². The number of nitrogens with two attached hydrogens (primary N) is 1. The molecule has 0 unspecified atom stereocenters. The normalized spacial score (nSPS) is 19.8. The minimum atomic E-state index is -1.77. The first-order valence-corrected chi connectivity index (χ1v) is 8.49. The number of piperidine rings is 1. The summed E-state index contributed by atoms with van der Waals surface area (Å²) in [4.78, 5) is 13.7. The summed E-state index contributed by atoms with van der Waals surface area (Å²) in [5.74, 6) is -0.440. The molecule has 1 aliphatic rings. The molecule has 0 bridgehead atoms. The van der Waals surface area contributed by atoms with E-state index in [9.17, 15) is 15.0 Å². The molecule has 0 aromatic heterocycles. The molecule has 1 aromatic rings. The van der Waals surface area contributed by atoms with Gasteiger partial charge in [-0.25, -0.2) is 0 Å². The molecule has 2 atom stereocenters. The molecule has 1 aromatic carbocycles. The average molecular weight is 377 g/mol. The summed E-state index contributed by atoms with van der Waals surface area (Å²) >= 11 is 11.9. The van der Waals surface area contributed by atoms with Crippen molar-refractivity contribution in [2.45, 2.75) is 31.4 Å². The van der Waals surface area contributed by atoms with Crippen LogP contribution in [0.3, 0.4) is 0 Å². The molecule has 0 spiro atoms. The number of likely N-dealkylation sites (tertiary alicyclic amines) is 1. The highest BCUT2D eigenvalue weighted by molar-refractivity contribution is 6.42. The maximum Gasteiger partial charge on any atom is 0.256 e. The molecular formula is C16H22Cl2N2O4. The van der Waals surface area contributed by atoms with E-state index in [1.807, 2.05) is 0 Å². The van der Waals surface area contributed by atoms with Gasteiger partial charge in [-0.1, -0.05) is 23.2 Å². The van der Waals surface area contributed by atoms with Crippen molar-refractivity contribution in [3.63, 3.8) is 0 Å². The molecule has 6 nitrogen and oxygen atoms in total. The number of aromatic hydroxyl groups is 1. The number of hydrogen-bond acceptors (Lipinski definition) is 5. The first-order valence-electron chi connectivity index (χ1n) is 7.73. The number of hydrogen-bond donors (Lipinski definition) is 4. The van der Waals surface area contributed by atoms with Crippen LogP contribution in [0.25, 0.3) is 0 Å². The predicted octanol–water partition coefficient (Wildman–Crippen LogP) is 1.68. The Morgan fingerprint density at radius 2 is 1.92 bits per heavy atom. The zero-order valence-corrected chi connectivity index (χ0v) is 14.9. The molecule has 24 heavy (non-hydrogen) atoms. The lowest BCUT2D eigenvalue weighted by Crippen LogP contribution is -2.52. The minimum absolute atomic E-state index is 0.00128. The summed E-state index contributed by atoms with van der Waals surface area (Å²) in [5, 5.41) is 29.6. The summed E-state index contributed by atoms with van der Waals surface area (Å²) in [7, 11) is 0. The lowest BCUT2D eigenvalue weighted by Gasteiger charge is -2.37. The number of phenolic OH excluding ortho intramolecular Hbond substituents is 1.